The Bertz CT molecular complexity index is 495. The zero-order chi connectivity index (χ0) is 14.8. The van der Waals surface area contributed by atoms with Crippen molar-refractivity contribution in [3.05, 3.63) is 48.2 Å². The molecule has 1 aromatic carbocycles. The summed E-state index contributed by atoms with van der Waals surface area (Å²) in [6.45, 7) is 0.642. The van der Waals surface area contributed by atoms with Gasteiger partial charge in [-0.3, -0.25) is 0 Å². The lowest BCUT2D eigenvalue weighted by Crippen LogP contribution is -2.04. The number of ether oxygens (including phenoxy) is 3. The van der Waals surface area contributed by atoms with E-state index in [0.29, 0.717) is 18.0 Å². The van der Waals surface area contributed by atoms with Crippen LogP contribution >= 0.6 is 0 Å². The summed E-state index contributed by atoms with van der Waals surface area (Å²) in [6, 6.07) is 5.72. The maximum absolute atomic E-state index is 10.8. The number of hydrogen-bond acceptors (Lipinski definition) is 5. The Balaban J connectivity index is 2.48. The molecular weight excluding hydrogens is 258 g/mol. The number of allylic oxidation sites excluding steroid dienone is 2. The highest BCUT2D eigenvalue weighted by atomic mass is 16.5. The third-order valence-electron chi connectivity index (χ3n) is 2.51. The van der Waals surface area contributed by atoms with Gasteiger partial charge in [0.15, 0.2) is 11.5 Å². The summed E-state index contributed by atoms with van der Waals surface area (Å²) in [5.41, 5.74) is 1.06. The first-order valence-electron chi connectivity index (χ1n) is 6.06. The van der Waals surface area contributed by atoms with E-state index in [4.69, 9.17) is 9.47 Å². The van der Waals surface area contributed by atoms with Gasteiger partial charge in [0.2, 0.25) is 0 Å². The number of carbonyl (C=O) groups is 1. The predicted molar refractivity (Wildman–Crippen MR) is 76.7 cm³/mol. The minimum atomic E-state index is -0.380. The molecule has 0 saturated heterocycles. The average molecular weight is 277 g/mol. The number of benzene rings is 1. The van der Waals surface area contributed by atoms with Crippen molar-refractivity contribution in [1.82, 2.24) is 5.32 Å². The molecule has 1 N–H and O–H groups in total. The van der Waals surface area contributed by atoms with Crippen molar-refractivity contribution < 1.29 is 19.0 Å². The SMILES string of the molecule is COC(=O)/C=C/C=C/NCc1ccc(OC)c(OC)c1. The largest absolute Gasteiger partial charge is 0.493 e. The molecule has 0 heterocycles. The minimum Gasteiger partial charge on any atom is -0.493 e. The second-order valence-corrected chi connectivity index (χ2v) is 3.81. The van der Waals surface area contributed by atoms with Crippen molar-refractivity contribution in [2.75, 3.05) is 21.3 Å². The molecule has 0 bridgehead atoms. The van der Waals surface area contributed by atoms with Crippen LogP contribution in [0.4, 0.5) is 0 Å². The molecular formula is C15H19NO4. The van der Waals surface area contributed by atoms with Crippen LogP contribution in [0.2, 0.25) is 0 Å². The highest BCUT2D eigenvalue weighted by Gasteiger charge is 2.03. The molecule has 0 aliphatic heterocycles. The molecule has 0 amide bonds. The molecule has 0 saturated carbocycles. The predicted octanol–water partition coefficient (Wildman–Crippen LogP) is 2.04. The first-order chi connectivity index (χ1) is 9.71. The van der Waals surface area contributed by atoms with Crippen LogP contribution in [0.3, 0.4) is 0 Å². The van der Waals surface area contributed by atoms with E-state index in [1.807, 2.05) is 18.2 Å². The number of carbonyl (C=O) groups excluding carboxylic acids is 1. The van der Waals surface area contributed by atoms with Crippen LogP contribution < -0.4 is 14.8 Å². The molecule has 5 nitrogen and oxygen atoms in total. The first kappa shape index (κ1) is 15.6. The normalized spacial score (nSPS) is 10.8. The Labute approximate surface area is 118 Å². The summed E-state index contributed by atoms with van der Waals surface area (Å²) < 4.78 is 14.9. The van der Waals surface area contributed by atoms with Gasteiger partial charge >= 0.3 is 5.97 Å². The van der Waals surface area contributed by atoms with Crippen LogP contribution in [0.15, 0.2) is 42.6 Å². The average Bonchev–Trinajstić information content (AvgIpc) is 2.49. The molecule has 0 aliphatic carbocycles. The van der Waals surface area contributed by atoms with E-state index < -0.39 is 0 Å². The maximum Gasteiger partial charge on any atom is 0.330 e. The maximum atomic E-state index is 10.8. The lowest BCUT2D eigenvalue weighted by atomic mass is 10.2. The van der Waals surface area contributed by atoms with Crippen LogP contribution in [0.5, 0.6) is 11.5 Å². The fourth-order valence-corrected chi connectivity index (χ4v) is 1.49. The van der Waals surface area contributed by atoms with E-state index in [1.165, 1.54) is 13.2 Å². The molecule has 0 aliphatic rings. The third kappa shape index (κ3) is 5.06. The standard InChI is InChI=1S/C15H19NO4/c1-18-13-8-7-12(10-14(13)19-2)11-16-9-5-4-6-15(17)20-3/h4-10,16H,11H2,1-3H3/b6-4+,9-5+. The van der Waals surface area contributed by atoms with Crippen LogP contribution in [-0.2, 0) is 16.1 Å². The molecule has 20 heavy (non-hydrogen) atoms. The van der Waals surface area contributed by atoms with Gasteiger partial charge in [-0.25, -0.2) is 4.79 Å². The van der Waals surface area contributed by atoms with Gasteiger partial charge in [0.25, 0.3) is 0 Å². The Hall–Kier alpha value is -2.43. The summed E-state index contributed by atoms with van der Waals surface area (Å²) >= 11 is 0. The monoisotopic (exact) mass is 277 g/mol. The van der Waals surface area contributed by atoms with Crippen molar-refractivity contribution in [3.63, 3.8) is 0 Å². The molecule has 5 heteroatoms. The second kappa shape index (κ2) is 8.63. The topological polar surface area (TPSA) is 56.8 Å². The number of hydrogen-bond donors (Lipinski definition) is 1. The Morgan fingerprint density at radius 3 is 2.55 bits per heavy atom. The number of esters is 1. The van der Waals surface area contributed by atoms with E-state index in [-0.39, 0.29) is 5.97 Å². The van der Waals surface area contributed by atoms with Gasteiger partial charge in [0.1, 0.15) is 0 Å². The van der Waals surface area contributed by atoms with Crippen LogP contribution in [0.1, 0.15) is 5.56 Å². The van der Waals surface area contributed by atoms with E-state index in [0.717, 1.165) is 5.56 Å². The van der Waals surface area contributed by atoms with E-state index in [2.05, 4.69) is 10.1 Å². The molecule has 0 unspecified atom stereocenters. The van der Waals surface area contributed by atoms with Crippen molar-refractivity contribution in [3.8, 4) is 11.5 Å². The third-order valence-corrected chi connectivity index (χ3v) is 2.51. The molecule has 0 aromatic heterocycles. The summed E-state index contributed by atoms with van der Waals surface area (Å²) in [5, 5.41) is 3.10. The highest BCUT2D eigenvalue weighted by Crippen LogP contribution is 2.27. The zero-order valence-electron chi connectivity index (χ0n) is 11.9. The molecule has 0 spiro atoms. The summed E-state index contributed by atoms with van der Waals surface area (Å²) in [5.74, 6) is 1.02. The lowest BCUT2D eigenvalue weighted by Gasteiger charge is -2.09. The van der Waals surface area contributed by atoms with E-state index >= 15 is 0 Å². The van der Waals surface area contributed by atoms with E-state index in [9.17, 15) is 4.79 Å². The molecule has 108 valence electrons. The summed E-state index contributed by atoms with van der Waals surface area (Å²) in [4.78, 5) is 10.8. The number of nitrogens with one attached hydrogen (secondary N) is 1. The fraction of sp³-hybridized carbons (Fsp3) is 0.267. The molecule has 0 fully saturated rings. The molecule has 0 radical (unpaired) electrons. The fourth-order valence-electron chi connectivity index (χ4n) is 1.49. The first-order valence-corrected chi connectivity index (χ1v) is 6.06. The minimum absolute atomic E-state index is 0.380. The van der Waals surface area contributed by atoms with E-state index in [1.54, 1.807) is 32.6 Å². The van der Waals surface area contributed by atoms with Crippen molar-refractivity contribution in [1.29, 1.82) is 0 Å². The molecule has 0 atom stereocenters. The van der Waals surface area contributed by atoms with Gasteiger partial charge in [0, 0.05) is 12.6 Å². The van der Waals surface area contributed by atoms with Gasteiger partial charge in [-0.1, -0.05) is 12.1 Å². The van der Waals surface area contributed by atoms with Crippen molar-refractivity contribution in [2.24, 2.45) is 0 Å². The van der Waals surface area contributed by atoms with Gasteiger partial charge in [0.05, 0.1) is 21.3 Å². The second-order valence-electron chi connectivity index (χ2n) is 3.81. The van der Waals surface area contributed by atoms with Gasteiger partial charge in [-0.2, -0.15) is 0 Å². The number of rotatable bonds is 7. The Morgan fingerprint density at radius 1 is 1.15 bits per heavy atom. The Morgan fingerprint density at radius 2 is 1.90 bits per heavy atom. The van der Waals surface area contributed by atoms with Crippen LogP contribution in [0.25, 0.3) is 0 Å². The summed E-state index contributed by atoms with van der Waals surface area (Å²) in [6.07, 6.45) is 6.41. The molecule has 1 aromatic rings. The highest BCUT2D eigenvalue weighted by molar-refractivity contribution is 5.82. The van der Waals surface area contributed by atoms with Crippen molar-refractivity contribution >= 4 is 5.97 Å². The number of methoxy groups -OCH3 is 3. The Kier molecular flexibility index (Phi) is 6.75. The van der Waals surface area contributed by atoms with Gasteiger partial charge in [-0.05, 0) is 30.0 Å². The summed E-state index contributed by atoms with van der Waals surface area (Å²) in [7, 11) is 4.55. The smallest absolute Gasteiger partial charge is 0.330 e. The zero-order valence-corrected chi connectivity index (χ0v) is 11.9. The lowest BCUT2D eigenvalue weighted by molar-refractivity contribution is -0.134. The van der Waals surface area contributed by atoms with Crippen molar-refractivity contribution in [2.45, 2.75) is 6.54 Å². The van der Waals surface area contributed by atoms with Gasteiger partial charge < -0.3 is 19.5 Å². The molecule has 1 rings (SSSR count). The quantitative estimate of drug-likeness (QED) is 0.469. The van der Waals surface area contributed by atoms with Gasteiger partial charge in [-0.15, -0.1) is 0 Å². The van der Waals surface area contributed by atoms with Crippen LogP contribution in [-0.4, -0.2) is 27.3 Å². The van der Waals surface area contributed by atoms with Crippen LogP contribution in [0, 0.1) is 0 Å².